The van der Waals surface area contributed by atoms with Crippen molar-refractivity contribution < 1.29 is 4.74 Å². The summed E-state index contributed by atoms with van der Waals surface area (Å²) in [6.45, 7) is 10.3. The Hall–Kier alpha value is -0.0800. The largest absolute Gasteiger partial charge is 0.375 e. The number of hydrogen-bond donors (Lipinski definition) is 0. The molecule has 0 N–H and O–H groups in total. The average Bonchev–Trinajstić information content (AvgIpc) is 2.47. The lowest BCUT2D eigenvalue weighted by Crippen LogP contribution is -2.47. The Morgan fingerprint density at radius 1 is 1.36 bits per heavy atom. The van der Waals surface area contributed by atoms with E-state index in [1.54, 1.807) is 0 Å². The zero-order valence-electron chi connectivity index (χ0n) is 9.75. The molecule has 2 atom stereocenters. The van der Waals surface area contributed by atoms with Gasteiger partial charge in [0.25, 0.3) is 0 Å². The molecule has 0 bridgehead atoms. The molecule has 0 aliphatic carbocycles. The molecule has 0 radical (unpaired) electrons. The number of morpholine rings is 1. The highest BCUT2D eigenvalue weighted by Crippen LogP contribution is 2.28. The van der Waals surface area contributed by atoms with Crippen LogP contribution in [0.15, 0.2) is 0 Å². The fourth-order valence-corrected chi connectivity index (χ4v) is 2.69. The van der Waals surface area contributed by atoms with E-state index in [9.17, 15) is 0 Å². The molecule has 2 nitrogen and oxygen atoms in total. The van der Waals surface area contributed by atoms with Crippen LogP contribution >= 0.6 is 0 Å². The van der Waals surface area contributed by atoms with Crippen LogP contribution in [-0.2, 0) is 4.74 Å². The minimum atomic E-state index is 0.400. The lowest BCUT2D eigenvalue weighted by atomic mass is 9.88. The van der Waals surface area contributed by atoms with Crippen molar-refractivity contribution in [2.75, 3.05) is 19.7 Å². The lowest BCUT2D eigenvalue weighted by molar-refractivity contribution is -0.0634. The summed E-state index contributed by atoms with van der Waals surface area (Å²) in [6.07, 6.45) is 4.39. The second-order valence-corrected chi connectivity index (χ2v) is 6.01. The van der Waals surface area contributed by atoms with E-state index >= 15 is 0 Å². The maximum absolute atomic E-state index is 5.93. The van der Waals surface area contributed by atoms with E-state index in [1.165, 1.54) is 32.4 Å². The van der Waals surface area contributed by atoms with E-state index in [0.717, 1.165) is 12.6 Å². The third kappa shape index (κ3) is 2.48. The summed E-state index contributed by atoms with van der Waals surface area (Å²) in [4.78, 5) is 2.62. The Kier molecular flexibility index (Phi) is 2.85. The number of fused-ring (bicyclic) bond motifs is 1. The second kappa shape index (κ2) is 3.82. The molecule has 0 saturated carbocycles. The van der Waals surface area contributed by atoms with E-state index in [2.05, 4.69) is 25.7 Å². The molecule has 2 heteroatoms. The van der Waals surface area contributed by atoms with Gasteiger partial charge in [0.1, 0.15) is 0 Å². The molecule has 2 fully saturated rings. The zero-order chi connectivity index (χ0) is 10.2. The van der Waals surface area contributed by atoms with Crippen LogP contribution in [0.5, 0.6) is 0 Å². The van der Waals surface area contributed by atoms with Gasteiger partial charge in [-0.2, -0.15) is 0 Å². The van der Waals surface area contributed by atoms with Gasteiger partial charge in [0, 0.05) is 12.6 Å². The van der Waals surface area contributed by atoms with E-state index < -0.39 is 0 Å². The summed E-state index contributed by atoms with van der Waals surface area (Å²) >= 11 is 0. The number of rotatable bonds is 1. The molecule has 2 saturated heterocycles. The molecule has 0 aromatic carbocycles. The maximum Gasteiger partial charge on any atom is 0.0707 e. The molecule has 0 amide bonds. The molecular weight excluding hydrogens is 174 g/mol. The molecule has 0 spiro atoms. The van der Waals surface area contributed by atoms with E-state index in [4.69, 9.17) is 4.74 Å². The number of nitrogens with zero attached hydrogens (tertiary/aromatic N) is 1. The Morgan fingerprint density at radius 2 is 2.14 bits per heavy atom. The van der Waals surface area contributed by atoms with Crippen molar-refractivity contribution in [2.45, 2.75) is 52.2 Å². The van der Waals surface area contributed by atoms with Crippen LogP contribution in [-0.4, -0.2) is 36.7 Å². The second-order valence-electron chi connectivity index (χ2n) is 6.01. The zero-order valence-corrected chi connectivity index (χ0v) is 9.75. The van der Waals surface area contributed by atoms with Crippen molar-refractivity contribution in [2.24, 2.45) is 5.41 Å². The van der Waals surface area contributed by atoms with E-state index in [0.29, 0.717) is 11.5 Å². The average molecular weight is 197 g/mol. The molecule has 0 aromatic heterocycles. The topological polar surface area (TPSA) is 12.5 Å². The minimum Gasteiger partial charge on any atom is -0.375 e. The Balaban J connectivity index is 1.85. The molecular formula is C12H23NO. The Morgan fingerprint density at radius 3 is 2.86 bits per heavy atom. The van der Waals surface area contributed by atoms with Gasteiger partial charge in [0.05, 0.1) is 12.7 Å². The summed E-state index contributed by atoms with van der Waals surface area (Å²) in [5.74, 6) is 0. The molecule has 0 aromatic rings. The lowest BCUT2D eigenvalue weighted by Gasteiger charge is -2.37. The maximum atomic E-state index is 5.93. The van der Waals surface area contributed by atoms with Crippen molar-refractivity contribution in [1.82, 2.24) is 4.90 Å². The Bertz CT molecular complexity index is 197. The van der Waals surface area contributed by atoms with Gasteiger partial charge in [0.15, 0.2) is 0 Å². The molecule has 2 aliphatic heterocycles. The van der Waals surface area contributed by atoms with Crippen molar-refractivity contribution in [3.63, 3.8) is 0 Å². The highest BCUT2D eigenvalue weighted by molar-refractivity contribution is 4.86. The van der Waals surface area contributed by atoms with Gasteiger partial charge < -0.3 is 4.74 Å². The first-order valence-electron chi connectivity index (χ1n) is 5.90. The smallest absolute Gasteiger partial charge is 0.0707 e. The summed E-state index contributed by atoms with van der Waals surface area (Å²) < 4.78 is 5.93. The van der Waals surface area contributed by atoms with Crippen molar-refractivity contribution >= 4 is 0 Å². The fraction of sp³-hybridized carbons (Fsp3) is 1.00. The standard InChI is InChI=1S/C12H23NO/c1-12(2,3)7-11-8-13-6-4-5-10(13)9-14-11/h10-11H,4-9H2,1-3H3. The third-order valence-electron chi connectivity index (χ3n) is 3.30. The van der Waals surface area contributed by atoms with Crippen LogP contribution in [0, 0.1) is 5.41 Å². The van der Waals surface area contributed by atoms with Gasteiger partial charge >= 0.3 is 0 Å². The predicted molar refractivity (Wildman–Crippen MR) is 58.4 cm³/mol. The molecule has 2 rings (SSSR count). The third-order valence-corrected chi connectivity index (χ3v) is 3.30. The van der Waals surface area contributed by atoms with Crippen LogP contribution in [0.2, 0.25) is 0 Å². The molecule has 82 valence electrons. The predicted octanol–water partition coefficient (Wildman–Crippen LogP) is 2.29. The van der Waals surface area contributed by atoms with E-state index in [-0.39, 0.29) is 0 Å². The quantitative estimate of drug-likeness (QED) is 0.639. The highest BCUT2D eigenvalue weighted by Gasteiger charge is 2.33. The van der Waals surface area contributed by atoms with E-state index in [1.807, 2.05) is 0 Å². The van der Waals surface area contributed by atoms with Crippen LogP contribution in [0.3, 0.4) is 0 Å². The van der Waals surface area contributed by atoms with Gasteiger partial charge in [-0.3, -0.25) is 4.90 Å². The Labute approximate surface area is 87.6 Å². The summed E-state index contributed by atoms with van der Waals surface area (Å²) in [5, 5.41) is 0. The first-order chi connectivity index (χ1) is 6.54. The van der Waals surface area contributed by atoms with Crippen LogP contribution in [0.4, 0.5) is 0 Å². The van der Waals surface area contributed by atoms with Crippen LogP contribution in [0.1, 0.15) is 40.0 Å². The monoisotopic (exact) mass is 197 g/mol. The highest BCUT2D eigenvalue weighted by atomic mass is 16.5. The van der Waals surface area contributed by atoms with Crippen molar-refractivity contribution in [1.29, 1.82) is 0 Å². The number of ether oxygens (including phenoxy) is 1. The van der Waals surface area contributed by atoms with Crippen LogP contribution in [0.25, 0.3) is 0 Å². The first kappa shape index (κ1) is 10.4. The summed E-state index contributed by atoms with van der Waals surface area (Å²) in [7, 11) is 0. The van der Waals surface area contributed by atoms with Crippen molar-refractivity contribution in [3.05, 3.63) is 0 Å². The van der Waals surface area contributed by atoms with Crippen molar-refractivity contribution in [3.8, 4) is 0 Å². The van der Waals surface area contributed by atoms with Gasteiger partial charge in [-0.15, -0.1) is 0 Å². The molecule has 2 unspecified atom stereocenters. The van der Waals surface area contributed by atoms with Gasteiger partial charge in [-0.05, 0) is 31.2 Å². The molecule has 2 heterocycles. The SMILES string of the molecule is CC(C)(C)CC1CN2CCCC2CO1. The minimum absolute atomic E-state index is 0.400. The van der Waals surface area contributed by atoms with Crippen LogP contribution < -0.4 is 0 Å². The van der Waals surface area contributed by atoms with Gasteiger partial charge in [-0.1, -0.05) is 20.8 Å². The number of hydrogen-bond acceptors (Lipinski definition) is 2. The summed E-state index contributed by atoms with van der Waals surface area (Å²) in [6, 6.07) is 0.742. The van der Waals surface area contributed by atoms with Gasteiger partial charge in [-0.25, -0.2) is 0 Å². The first-order valence-corrected chi connectivity index (χ1v) is 5.90. The molecule has 2 aliphatic rings. The molecule has 14 heavy (non-hydrogen) atoms. The normalized spacial score (nSPS) is 34.5. The fourth-order valence-electron chi connectivity index (χ4n) is 2.69. The van der Waals surface area contributed by atoms with Gasteiger partial charge in [0.2, 0.25) is 0 Å². The summed E-state index contributed by atoms with van der Waals surface area (Å²) in [5.41, 5.74) is 0.400.